The molecule has 0 bridgehead atoms. The molecule has 0 radical (unpaired) electrons. The molecule has 4 nitrogen and oxygen atoms in total. The maximum atomic E-state index is 13.7. The molecule has 0 spiro atoms. The number of rotatable bonds is 2. The standard InChI is InChI=1S/C15H10FN3O/c16-12-3-1-2-10-4-5-13(19-14(10)12)15(20)18-11-6-8-17-9-7-11/h1-9H,(H,17,18,20). The van der Waals surface area contributed by atoms with Crippen molar-refractivity contribution >= 4 is 22.5 Å². The average Bonchev–Trinajstić information content (AvgIpc) is 2.48. The van der Waals surface area contributed by atoms with E-state index in [0.717, 1.165) is 0 Å². The van der Waals surface area contributed by atoms with Crippen LogP contribution in [0.4, 0.5) is 10.1 Å². The summed E-state index contributed by atoms with van der Waals surface area (Å²) < 4.78 is 13.7. The van der Waals surface area contributed by atoms with Gasteiger partial charge in [0.1, 0.15) is 17.0 Å². The highest BCUT2D eigenvalue weighted by molar-refractivity contribution is 6.04. The van der Waals surface area contributed by atoms with Gasteiger partial charge in [-0.2, -0.15) is 0 Å². The molecule has 2 heterocycles. The predicted octanol–water partition coefficient (Wildman–Crippen LogP) is 3.02. The summed E-state index contributed by atoms with van der Waals surface area (Å²) in [4.78, 5) is 20.0. The normalized spacial score (nSPS) is 10.4. The largest absolute Gasteiger partial charge is 0.321 e. The molecule has 1 aromatic carbocycles. The second-order valence-corrected chi connectivity index (χ2v) is 4.20. The average molecular weight is 267 g/mol. The minimum Gasteiger partial charge on any atom is -0.321 e. The van der Waals surface area contributed by atoms with E-state index in [1.807, 2.05) is 0 Å². The number of amides is 1. The van der Waals surface area contributed by atoms with Crippen molar-refractivity contribution in [1.82, 2.24) is 9.97 Å². The molecule has 20 heavy (non-hydrogen) atoms. The fourth-order valence-electron chi connectivity index (χ4n) is 1.87. The number of hydrogen-bond acceptors (Lipinski definition) is 3. The van der Waals surface area contributed by atoms with E-state index in [4.69, 9.17) is 0 Å². The van der Waals surface area contributed by atoms with Crippen molar-refractivity contribution in [2.24, 2.45) is 0 Å². The van der Waals surface area contributed by atoms with Gasteiger partial charge in [-0.15, -0.1) is 0 Å². The zero-order valence-corrected chi connectivity index (χ0v) is 10.4. The Morgan fingerprint density at radius 1 is 1.05 bits per heavy atom. The third-order valence-corrected chi connectivity index (χ3v) is 2.84. The van der Waals surface area contributed by atoms with E-state index in [0.29, 0.717) is 11.1 Å². The molecule has 1 amide bonds. The Balaban J connectivity index is 1.94. The van der Waals surface area contributed by atoms with Gasteiger partial charge in [0.15, 0.2) is 0 Å². The van der Waals surface area contributed by atoms with Gasteiger partial charge in [0.25, 0.3) is 5.91 Å². The van der Waals surface area contributed by atoms with E-state index in [1.165, 1.54) is 6.07 Å². The molecule has 0 atom stereocenters. The van der Waals surface area contributed by atoms with Gasteiger partial charge >= 0.3 is 0 Å². The SMILES string of the molecule is O=C(Nc1ccncc1)c1ccc2cccc(F)c2n1. The summed E-state index contributed by atoms with van der Waals surface area (Å²) in [5.74, 6) is -0.831. The van der Waals surface area contributed by atoms with Gasteiger partial charge in [0.2, 0.25) is 0 Å². The number of para-hydroxylation sites is 1. The van der Waals surface area contributed by atoms with E-state index in [1.54, 1.807) is 48.8 Å². The number of pyridine rings is 2. The van der Waals surface area contributed by atoms with Crippen LogP contribution in [0.5, 0.6) is 0 Å². The Hall–Kier alpha value is -2.82. The van der Waals surface area contributed by atoms with Crippen molar-refractivity contribution < 1.29 is 9.18 Å². The van der Waals surface area contributed by atoms with Gasteiger partial charge < -0.3 is 5.32 Å². The molecule has 3 rings (SSSR count). The highest BCUT2D eigenvalue weighted by atomic mass is 19.1. The molecule has 0 saturated carbocycles. The van der Waals surface area contributed by atoms with Crippen LogP contribution in [0.25, 0.3) is 10.9 Å². The molecule has 98 valence electrons. The number of fused-ring (bicyclic) bond motifs is 1. The molecule has 2 aromatic heterocycles. The highest BCUT2D eigenvalue weighted by Crippen LogP contribution is 2.16. The molecular formula is C15H10FN3O. The summed E-state index contributed by atoms with van der Waals surface area (Å²) >= 11 is 0. The number of nitrogens with one attached hydrogen (secondary N) is 1. The van der Waals surface area contributed by atoms with Crippen LogP contribution in [-0.2, 0) is 0 Å². The third-order valence-electron chi connectivity index (χ3n) is 2.84. The van der Waals surface area contributed by atoms with Gasteiger partial charge in [-0.05, 0) is 24.3 Å². The lowest BCUT2D eigenvalue weighted by atomic mass is 10.2. The Labute approximate surface area is 114 Å². The molecule has 0 fully saturated rings. The molecule has 5 heteroatoms. The van der Waals surface area contributed by atoms with Crippen LogP contribution in [-0.4, -0.2) is 15.9 Å². The van der Waals surface area contributed by atoms with Crippen molar-refractivity contribution in [1.29, 1.82) is 0 Å². The van der Waals surface area contributed by atoms with Crippen molar-refractivity contribution in [3.05, 3.63) is 66.4 Å². The summed E-state index contributed by atoms with van der Waals surface area (Å²) in [6, 6.07) is 11.2. The lowest BCUT2D eigenvalue weighted by Gasteiger charge is -2.05. The van der Waals surface area contributed by atoms with Gasteiger partial charge in [-0.3, -0.25) is 9.78 Å². The predicted molar refractivity (Wildman–Crippen MR) is 73.9 cm³/mol. The van der Waals surface area contributed by atoms with Crippen molar-refractivity contribution in [3.63, 3.8) is 0 Å². The van der Waals surface area contributed by atoms with Gasteiger partial charge in [-0.1, -0.05) is 18.2 Å². The maximum absolute atomic E-state index is 13.7. The van der Waals surface area contributed by atoms with Crippen molar-refractivity contribution in [2.75, 3.05) is 5.32 Å². The van der Waals surface area contributed by atoms with Crippen molar-refractivity contribution in [3.8, 4) is 0 Å². The number of carbonyl (C=O) groups excluding carboxylic acids is 1. The van der Waals surface area contributed by atoms with E-state index in [-0.39, 0.29) is 17.1 Å². The lowest BCUT2D eigenvalue weighted by Crippen LogP contribution is -2.13. The quantitative estimate of drug-likeness (QED) is 0.776. The van der Waals surface area contributed by atoms with E-state index >= 15 is 0 Å². The Morgan fingerprint density at radius 3 is 2.65 bits per heavy atom. The van der Waals surface area contributed by atoms with Gasteiger partial charge in [0.05, 0.1) is 0 Å². The van der Waals surface area contributed by atoms with Crippen LogP contribution < -0.4 is 5.32 Å². The summed E-state index contributed by atoms with van der Waals surface area (Å²) in [6.45, 7) is 0. The fourth-order valence-corrected chi connectivity index (χ4v) is 1.87. The highest BCUT2D eigenvalue weighted by Gasteiger charge is 2.10. The first kappa shape index (κ1) is 12.2. The first-order valence-electron chi connectivity index (χ1n) is 6.01. The minimum atomic E-state index is -0.443. The minimum absolute atomic E-state index is 0.166. The number of benzene rings is 1. The Bertz CT molecular complexity index is 774. The van der Waals surface area contributed by atoms with E-state index < -0.39 is 5.82 Å². The molecule has 0 unspecified atom stereocenters. The van der Waals surface area contributed by atoms with Crippen LogP contribution in [0.2, 0.25) is 0 Å². The lowest BCUT2D eigenvalue weighted by molar-refractivity contribution is 0.102. The number of anilines is 1. The smallest absolute Gasteiger partial charge is 0.274 e. The maximum Gasteiger partial charge on any atom is 0.274 e. The van der Waals surface area contributed by atoms with Crippen LogP contribution in [0, 0.1) is 5.82 Å². The molecule has 0 saturated heterocycles. The molecule has 0 aliphatic heterocycles. The third kappa shape index (κ3) is 2.33. The summed E-state index contributed by atoms with van der Waals surface area (Å²) in [6.07, 6.45) is 3.15. The van der Waals surface area contributed by atoms with E-state index in [9.17, 15) is 9.18 Å². The summed E-state index contributed by atoms with van der Waals surface area (Å²) in [7, 11) is 0. The molecule has 0 aliphatic carbocycles. The summed E-state index contributed by atoms with van der Waals surface area (Å²) in [5, 5.41) is 3.34. The molecular weight excluding hydrogens is 257 g/mol. The van der Waals surface area contributed by atoms with Crippen LogP contribution in [0.3, 0.4) is 0 Å². The Kier molecular flexibility index (Phi) is 3.09. The molecule has 1 N–H and O–H groups in total. The number of nitrogens with zero attached hydrogens (tertiary/aromatic N) is 2. The molecule has 0 aliphatic rings. The zero-order valence-electron chi connectivity index (χ0n) is 10.4. The van der Waals surface area contributed by atoms with Crippen molar-refractivity contribution in [2.45, 2.75) is 0 Å². The fraction of sp³-hybridized carbons (Fsp3) is 0. The number of aromatic nitrogens is 2. The van der Waals surface area contributed by atoms with E-state index in [2.05, 4.69) is 15.3 Å². The first-order valence-corrected chi connectivity index (χ1v) is 6.01. The first-order chi connectivity index (χ1) is 9.74. The number of carbonyl (C=O) groups is 1. The van der Waals surface area contributed by atoms with Crippen LogP contribution in [0.1, 0.15) is 10.5 Å². The Morgan fingerprint density at radius 2 is 1.85 bits per heavy atom. The number of halogens is 1. The molecule has 3 aromatic rings. The second-order valence-electron chi connectivity index (χ2n) is 4.20. The van der Waals surface area contributed by atoms with Crippen LogP contribution >= 0.6 is 0 Å². The monoisotopic (exact) mass is 267 g/mol. The van der Waals surface area contributed by atoms with Gasteiger partial charge in [-0.25, -0.2) is 9.37 Å². The zero-order chi connectivity index (χ0) is 13.9. The number of hydrogen-bond donors (Lipinski definition) is 1. The van der Waals surface area contributed by atoms with Gasteiger partial charge in [0, 0.05) is 23.5 Å². The second kappa shape index (κ2) is 5.05. The summed E-state index contributed by atoms with van der Waals surface area (Å²) in [5.41, 5.74) is 0.967. The topological polar surface area (TPSA) is 54.9 Å². The van der Waals surface area contributed by atoms with Crippen LogP contribution in [0.15, 0.2) is 54.9 Å².